The van der Waals surface area contributed by atoms with Gasteiger partial charge in [0, 0.05) is 23.0 Å². The predicted octanol–water partition coefficient (Wildman–Crippen LogP) is 6.14. The third kappa shape index (κ3) is 5.50. The lowest BCUT2D eigenvalue weighted by molar-refractivity contribution is -0.274. The second-order valence-electron chi connectivity index (χ2n) is 6.86. The fourth-order valence-corrected chi connectivity index (χ4v) is 3.36. The van der Waals surface area contributed by atoms with E-state index in [4.69, 9.17) is 16.1 Å². The van der Waals surface area contributed by atoms with E-state index in [2.05, 4.69) is 20.2 Å². The summed E-state index contributed by atoms with van der Waals surface area (Å²) in [7, 11) is 0. The average Bonchev–Trinajstić information content (AvgIpc) is 3.18. The number of carbonyl (C=O) groups is 1. The lowest BCUT2D eigenvalue weighted by Crippen LogP contribution is -2.16. The SMILES string of the molecule is O=C(Cc1ccccc1Cl)Nc1onc(-c2ccc(OC(F)(F)F)cc2)c1-c1ccncc1. The van der Waals surface area contributed by atoms with Crippen molar-refractivity contribution >= 4 is 23.4 Å². The van der Waals surface area contributed by atoms with Gasteiger partial charge in [0.05, 0.1) is 12.0 Å². The number of ether oxygens (including phenoxy) is 1. The van der Waals surface area contributed by atoms with Crippen LogP contribution in [0.2, 0.25) is 5.02 Å². The van der Waals surface area contributed by atoms with Gasteiger partial charge in [-0.15, -0.1) is 13.2 Å². The minimum Gasteiger partial charge on any atom is -0.406 e. The fraction of sp³-hybridized carbons (Fsp3) is 0.0870. The second kappa shape index (κ2) is 9.33. The Hall–Kier alpha value is -3.85. The maximum Gasteiger partial charge on any atom is 0.573 e. The Labute approximate surface area is 191 Å². The van der Waals surface area contributed by atoms with Crippen LogP contribution >= 0.6 is 11.6 Å². The normalized spacial score (nSPS) is 11.3. The molecule has 0 radical (unpaired) electrons. The highest BCUT2D eigenvalue weighted by Crippen LogP contribution is 2.38. The number of nitrogens with zero attached hydrogens (tertiary/aromatic N) is 2. The number of carbonyl (C=O) groups excluding carboxylic acids is 1. The molecular weight excluding hydrogens is 459 g/mol. The first-order valence-corrected chi connectivity index (χ1v) is 9.97. The lowest BCUT2D eigenvalue weighted by atomic mass is 10.0. The molecule has 2 heterocycles. The highest BCUT2D eigenvalue weighted by Gasteiger charge is 2.31. The van der Waals surface area contributed by atoms with E-state index < -0.39 is 6.36 Å². The number of amides is 1. The molecule has 0 atom stereocenters. The number of hydrogen-bond acceptors (Lipinski definition) is 5. The largest absolute Gasteiger partial charge is 0.573 e. The summed E-state index contributed by atoms with van der Waals surface area (Å²) in [5, 5.41) is 7.20. The molecule has 1 N–H and O–H groups in total. The third-order valence-electron chi connectivity index (χ3n) is 4.58. The van der Waals surface area contributed by atoms with Gasteiger partial charge < -0.3 is 9.26 Å². The van der Waals surface area contributed by atoms with Gasteiger partial charge in [-0.1, -0.05) is 35.0 Å². The van der Waals surface area contributed by atoms with Crippen LogP contribution < -0.4 is 10.1 Å². The van der Waals surface area contributed by atoms with Crippen molar-refractivity contribution in [3.63, 3.8) is 0 Å². The number of nitrogens with one attached hydrogen (secondary N) is 1. The van der Waals surface area contributed by atoms with E-state index in [1.165, 1.54) is 24.3 Å². The van der Waals surface area contributed by atoms with Crippen LogP contribution in [0, 0.1) is 0 Å². The van der Waals surface area contributed by atoms with Crippen molar-refractivity contribution in [3.05, 3.63) is 83.6 Å². The van der Waals surface area contributed by atoms with Crippen LogP contribution in [-0.2, 0) is 11.2 Å². The van der Waals surface area contributed by atoms with Crippen molar-refractivity contribution in [1.29, 1.82) is 0 Å². The molecule has 0 bridgehead atoms. The molecule has 0 spiro atoms. The van der Waals surface area contributed by atoms with Gasteiger partial charge in [-0.05, 0) is 53.6 Å². The summed E-state index contributed by atoms with van der Waals surface area (Å²) in [5.74, 6) is -0.660. The summed E-state index contributed by atoms with van der Waals surface area (Å²) in [4.78, 5) is 16.6. The van der Waals surface area contributed by atoms with Crippen LogP contribution in [-0.4, -0.2) is 22.4 Å². The van der Waals surface area contributed by atoms with Crippen LogP contribution in [0.25, 0.3) is 22.4 Å². The van der Waals surface area contributed by atoms with E-state index in [1.807, 2.05) is 0 Å². The van der Waals surface area contributed by atoms with E-state index in [0.717, 1.165) is 0 Å². The summed E-state index contributed by atoms with van der Waals surface area (Å²) in [6.07, 6.45) is -1.67. The van der Waals surface area contributed by atoms with Crippen molar-refractivity contribution in [2.75, 3.05) is 5.32 Å². The molecule has 10 heteroatoms. The Balaban J connectivity index is 1.65. The lowest BCUT2D eigenvalue weighted by Gasteiger charge is -2.09. The van der Waals surface area contributed by atoms with Gasteiger partial charge in [0.1, 0.15) is 11.4 Å². The standard InChI is InChI=1S/C23H15ClF3N3O3/c24-18-4-2-1-3-16(18)13-19(31)29-22-20(14-9-11-28-12-10-14)21(30-33-22)15-5-7-17(8-6-15)32-23(25,26)27/h1-12H,13H2,(H,29,31). The molecule has 33 heavy (non-hydrogen) atoms. The Morgan fingerprint density at radius 1 is 1.00 bits per heavy atom. The van der Waals surface area contributed by atoms with Gasteiger partial charge >= 0.3 is 6.36 Å². The second-order valence-corrected chi connectivity index (χ2v) is 7.27. The van der Waals surface area contributed by atoms with Gasteiger partial charge in [-0.2, -0.15) is 0 Å². The molecule has 6 nitrogen and oxygen atoms in total. The average molecular weight is 474 g/mol. The van der Waals surface area contributed by atoms with Gasteiger partial charge in [0.25, 0.3) is 0 Å². The number of benzene rings is 2. The van der Waals surface area contributed by atoms with Gasteiger partial charge in [-0.25, -0.2) is 0 Å². The van der Waals surface area contributed by atoms with E-state index in [-0.39, 0.29) is 24.0 Å². The Morgan fingerprint density at radius 2 is 1.70 bits per heavy atom. The molecule has 2 aromatic heterocycles. The number of aromatic nitrogens is 2. The first-order chi connectivity index (χ1) is 15.8. The van der Waals surface area contributed by atoms with Gasteiger partial charge in [0.2, 0.25) is 11.8 Å². The van der Waals surface area contributed by atoms with Crippen molar-refractivity contribution in [3.8, 4) is 28.1 Å². The summed E-state index contributed by atoms with van der Waals surface area (Å²) < 4.78 is 46.7. The maximum atomic E-state index is 12.6. The molecule has 0 fully saturated rings. The summed E-state index contributed by atoms with van der Waals surface area (Å²) in [6.45, 7) is 0. The van der Waals surface area contributed by atoms with E-state index in [1.54, 1.807) is 48.8 Å². The Kier molecular flexibility index (Phi) is 6.32. The molecule has 2 aromatic carbocycles. The van der Waals surface area contributed by atoms with Crippen molar-refractivity contribution in [2.24, 2.45) is 0 Å². The zero-order valence-corrected chi connectivity index (χ0v) is 17.5. The van der Waals surface area contributed by atoms with Gasteiger partial charge in [-0.3, -0.25) is 15.1 Å². The maximum absolute atomic E-state index is 12.6. The fourth-order valence-electron chi connectivity index (χ4n) is 3.16. The van der Waals surface area contributed by atoms with Crippen LogP contribution in [0.1, 0.15) is 5.56 Å². The molecule has 4 aromatic rings. The zero-order chi connectivity index (χ0) is 23.4. The molecular formula is C23H15ClF3N3O3. The first-order valence-electron chi connectivity index (χ1n) is 9.59. The number of hydrogen-bond donors (Lipinski definition) is 1. The number of rotatable bonds is 6. The molecule has 168 valence electrons. The number of alkyl halides is 3. The number of pyridine rings is 1. The molecule has 0 aliphatic heterocycles. The molecule has 4 rings (SSSR count). The number of anilines is 1. The van der Waals surface area contributed by atoms with E-state index in [9.17, 15) is 18.0 Å². The van der Waals surface area contributed by atoms with Crippen LogP contribution in [0.4, 0.5) is 19.1 Å². The minimum absolute atomic E-state index is 0.00890. The monoisotopic (exact) mass is 473 g/mol. The highest BCUT2D eigenvalue weighted by atomic mass is 35.5. The Morgan fingerprint density at radius 3 is 2.36 bits per heavy atom. The molecule has 0 saturated heterocycles. The molecule has 1 amide bonds. The van der Waals surface area contributed by atoms with Crippen molar-refractivity contribution < 1.29 is 27.2 Å². The topological polar surface area (TPSA) is 77.2 Å². The molecule has 0 aliphatic carbocycles. The van der Waals surface area contributed by atoms with E-state index >= 15 is 0 Å². The first kappa shape index (κ1) is 22.3. The van der Waals surface area contributed by atoms with Crippen LogP contribution in [0.15, 0.2) is 77.6 Å². The molecule has 0 saturated carbocycles. The molecule has 0 unspecified atom stereocenters. The summed E-state index contributed by atoms with van der Waals surface area (Å²) in [5.41, 5.74) is 2.53. The van der Waals surface area contributed by atoms with Crippen molar-refractivity contribution in [2.45, 2.75) is 12.8 Å². The summed E-state index contributed by atoms with van der Waals surface area (Å²) >= 11 is 6.13. The van der Waals surface area contributed by atoms with E-state index in [0.29, 0.717) is 33.0 Å². The minimum atomic E-state index is -4.79. The Bertz CT molecular complexity index is 1260. The predicted molar refractivity (Wildman–Crippen MR) is 116 cm³/mol. The summed E-state index contributed by atoms with van der Waals surface area (Å²) in [6, 6.07) is 15.5. The van der Waals surface area contributed by atoms with Crippen LogP contribution in [0.3, 0.4) is 0 Å². The smallest absolute Gasteiger partial charge is 0.406 e. The quantitative estimate of drug-likeness (QED) is 0.364. The van der Waals surface area contributed by atoms with Crippen molar-refractivity contribution in [1.82, 2.24) is 10.1 Å². The number of halogens is 4. The zero-order valence-electron chi connectivity index (χ0n) is 16.8. The molecule has 0 aliphatic rings. The third-order valence-corrected chi connectivity index (χ3v) is 4.95. The highest BCUT2D eigenvalue weighted by molar-refractivity contribution is 6.31. The van der Waals surface area contributed by atoms with Gasteiger partial charge in [0.15, 0.2) is 0 Å². The van der Waals surface area contributed by atoms with Crippen LogP contribution in [0.5, 0.6) is 5.75 Å².